The van der Waals surface area contributed by atoms with Gasteiger partial charge in [-0.05, 0) is 24.3 Å². The summed E-state index contributed by atoms with van der Waals surface area (Å²) in [5.74, 6) is -1.54. The molecule has 16 heavy (non-hydrogen) atoms. The Morgan fingerprint density at radius 3 is 2.69 bits per heavy atom. The molecule has 0 N–H and O–H groups in total. The largest absolute Gasteiger partial charge is 0.469 e. The van der Waals surface area contributed by atoms with E-state index in [-0.39, 0.29) is 12.0 Å². The summed E-state index contributed by atoms with van der Waals surface area (Å²) in [6.07, 6.45) is 1.40. The van der Waals surface area contributed by atoms with Crippen molar-refractivity contribution in [1.82, 2.24) is 0 Å². The number of Topliss-reactive ketones (excluding diaryl/α,β-unsaturated/α-hetero) is 1. The Hall–Kier alpha value is -1.97. The van der Waals surface area contributed by atoms with Crippen LogP contribution in [-0.2, 0) is 6.42 Å². The van der Waals surface area contributed by atoms with Crippen molar-refractivity contribution < 1.29 is 18.0 Å². The Bertz CT molecular complexity index is 504. The van der Waals surface area contributed by atoms with Crippen LogP contribution in [0.4, 0.5) is 8.78 Å². The van der Waals surface area contributed by atoms with Crippen LogP contribution in [0.3, 0.4) is 0 Å². The zero-order chi connectivity index (χ0) is 11.5. The summed E-state index contributed by atoms with van der Waals surface area (Å²) in [6, 6.07) is 6.15. The van der Waals surface area contributed by atoms with Gasteiger partial charge in [-0.3, -0.25) is 4.79 Å². The summed E-state index contributed by atoms with van der Waals surface area (Å²) in [5, 5.41) is 0. The van der Waals surface area contributed by atoms with Crippen molar-refractivity contribution in [2.24, 2.45) is 0 Å². The molecule has 0 aliphatic rings. The topological polar surface area (TPSA) is 30.2 Å². The predicted molar refractivity (Wildman–Crippen MR) is 53.1 cm³/mol. The minimum Gasteiger partial charge on any atom is -0.469 e. The van der Waals surface area contributed by atoms with E-state index in [0.717, 1.165) is 12.1 Å². The Kier molecular flexibility index (Phi) is 2.81. The number of hydrogen-bond acceptors (Lipinski definition) is 2. The van der Waals surface area contributed by atoms with Crippen molar-refractivity contribution in [3.05, 3.63) is 59.6 Å². The number of halogens is 2. The van der Waals surface area contributed by atoms with Gasteiger partial charge in [0.25, 0.3) is 0 Å². The summed E-state index contributed by atoms with van der Waals surface area (Å²) >= 11 is 0. The van der Waals surface area contributed by atoms with Gasteiger partial charge in [-0.1, -0.05) is 0 Å². The number of rotatable bonds is 3. The summed E-state index contributed by atoms with van der Waals surface area (Å²) in [6.45, 7) is 0. The van der Waals surface area contributed by atoms with Crippen LogP contribution in [0.5, 0.6) is 0 Å². The second kappa shape index (κ2) is 4.26. The monoisotopic (exact) mass is 222 g/mol. The van der Waals surface area contributed by atoms with E-state index in [4.69, 9.17) is 4.42 Å². The van der Waals surface area contributed by atoms with E-state index in [2.05, 4.69) is 0 Å². The first-order valence-electron chi connectivity index (χ1n) is 4.67. The van der Waals surface area contributed by atoms with E-state index in [1.54, 1.807) is 12.1 Å². The average molecular weight is 222 g/mol. The normalized spacial score (nSPS) is 10.4. The van der Waals surface area contributed by atoms with Crippen LogP contribution in [-0.4, -0.2) is 5.78 Å². The van der Waals surface area contributed by atoms with E-state index >= 15 is 0 Å². The van der Waals surface area contributed by atoms with Crippen LogP contribution in [0.1, 0.15) is 16.1 Å². The molecule has 1 heterocycles. The first kappa shape index (κ1) is 10.5. The predicted octanol–water partition coefficient (Wildman–Crippen LogP) is 2.98. The lowest BCUT2D eigenvalue weighted by Gasteiger charge is -2.00. The highest BCUT2D eigenvalue weighted by Gasteiger charge is 2.14. The fourth-order valence-corrected chi connectivity index (χ4v) is 1.38. The zero-order valence-electron chi connectivity index (χ0n) is 8.24. The molecule has 0 atom stereocenters. The summed E-state index contributed by atoms with van der Waals surface area (Å²) in [7, 11) is 0. The molecule has 0 saturated heterocycles. The molecule has 2 nitrogen and oxygen atoms in total. The standard InChI is InChI=1S/C12H8F2O2/c13-8-3-4-10(11(14)6-8)12(15)7-9-2-1-5-16-9/h1-6H,7H2. The number of carbonyl (C=O) groups excluding carboxylic acids is 1. The Morgan fingerprint density at radius 2 is 2.06 bits per heavy atom. The van der Waals surface area contributed by atoms with Gasteiger partial charge in [-0.2, -0.15) is 0 Å². The van der Waals surface area contributed by atoms with E-state index in [0.29, 0.717) is 11.8 Å². The van der Waals surface area contributed by atoms with E-state index in [1.807, 2.05) is 0 Å². The molecule has 0 unspecified atom stereocenters. The van der Waals surface area contributed by atoms with Gasteiger partial charge in [-0.25, -0.2) is 8.78 Å². The van der Waals surface area contributed by atoms with Gasteiger partial charge in [0.2, 0.25) is 0 Å². The second-order valence-corrected chi connectivity index (χ2v) is 3.30. The molecular formula is C12H8F2O2. The van der Waals surface area contributed by atoms with Crippen LogP contribution < -0.4 is 0 Å². The van der Waals surface area contributed by atoms with Gasteiger partial charge < -0.3 is 4.42 Å². The highest BCUT2D eigenvalue weighted by Crippen LogP contribution is 2.13. The molecule has 82 valence electrons. The minimum absolute atomic E-state index is 0.0322. The lowest BCUT2D eigenvalue weighted by molar-refractivity contribution is 0.0983. The molecule has 0 fully saturated rings. The smallest absolute Gasteiger partial charge is 0.173 e. The third kappa shape index (κ3) is 2.16. The van der Waals surface area contributed by atoms with Crippen molar-refractivity contribution in [2.45, 2.75) is 6.42 Å². The number of ketones is 1. The SMILES string of the molecule is O=C(Cc1ccco1)c1ccc(F)cc1F. The molecule has 2 aromatic rings. The number of furan rings is 1. The van der Waals surface area contributed by atoms with Crippen LogP contribution >= 0.6 is 0 Å². The molecule has 0 saturated carbocycles. The second-order valence-electron chi connectivity index (χ2n) is 3.30. The molecule has 1 aromatic carbocycles. The van der Waals surface area contributed by atoms with Gasteiger partial charge in [0.15, 0.2) is 5.78 Å². The molecule has 2 rings (SSSR count). The number of hydrogen-bond donors (Lipinski definition) is 0. The maximum absolute atomic E-state index is 13.2. The molecule has 4 heteroatoms. The first-order chi connectivity index (χ1) is 7.66. The van der Waals surface area contributed by atoms with Gasteiger partial charge in [0, 0.05) is 6.07 Å². The Labute approximate surface area is 90.5 Å². The third-order valence-corrected chi connectivity index (χ3v) is 2.15. The fourth-order valence-electron chi connectivity index (χ4n) is 1.38. The lowest BCUT2D eigenvalue weighted by Crippen LogP contribution is -2.05. The van der Waals surface area contributed by atoms with Crippen LogP contribution in [0.25, 0.3) is 0 Å². The summed E-state index contributed by atoms with van der Waals surface area (Å²) in [4.78, 5) is 11.6. The first-order valence-corrected chi connectivity index (χ1v) is 4.67. The van der Waals surface area contributed by atoms with E-state index < -0.39 is 17.4 Å². The zero-order valence-corrected chi connectivity index (χ0v) is 8.24. The lowest BCUT2D eigenvalue weighted by atomic mass is 10.1. The van der Waals surface area contributed by atoms with Crippen LogP contribution in [0.2, 0.25) is 0 Å². The van der Waals surface area contributed by atoms with Gasteiger partial charge in [-0.15, -0.1) is 0 Å². The average Bonchev–Trinajstić information content (AvgIpc) is 2.70. The van der Waals surface area contributed by atoms with Crippen molar-refractivity contribution >= 4 is 5.78 Å². The van der Waals surface area contributed by atoms with E-state index in [1.165, 1.54) is 6.26 Å². The minimum atomic E-state index is -0.850. The Morgan fingerprint density at radius 1 is 1.25 bits per heavy atom. The van der Waals surface area contributed by atoms with Gasteiger partial charge in [0.05, 0.1) is 18.2 Å². The molecule has 0 aliphatic heterocycles. The summed E-state index contributed by atoms with van der Waals surface area (Å²) in [5.41, 5.74) is -0.127. The highest BCUT2D eigenvalue weighted by molar-refractivity contribution is 5.97. The number of benzene rings is 1. The van der Waals surface area contributed by atoms with Gasteiger partial charge >= 0.3 is 0 Å². The van der Waals surface area contributed by atoms with Crippen molar-refractivity contribution in [1.29, 1.82) is 0 Å². The maximum Gasteiger partial charge on any atom is 0.173 e. The maximum atomic E-state index is 13.2. The van der Waals surface area contributed by atoms with E-state index in [9.17, 15) is 13.6 Å². The number of carbonyl (C=O) groups is 1. The molecule has 0 bridgehead atoms. The molecule has 0 spiro atoms. The molecule has 0 amide bonds. The molecule has 0 radical (unpaired) electrons. The Balaban J connectivity index is 2.21. The van der Waals surface area contributed by atoms with Crippen molar-refractivity contribution in [3.63, 3.8) is 0 Å². The fraction of sp³-hybridized carbons (Fsp3) is 0.0833. The van der Waals surface area contributed by atoms with Crippen molar-refractivity contribution in [3.8, 4) is 0 Å². The third-order valence-electron chi connectivity index (χ3n) is 2.15. The van der Waals surface area contributed by atoms with Crippen LogP contribution in [0.15, 0.2) is 41.0 Å². The van der Waals surface area contributed by atoms with Crippen LogP contribution in [0, 0.1) is 11.6 Å². The molecule has 1 aromatic heterocycles. The molecule has 0 aliphatic carbocycles. The summed E-state index contributed by atoms with van der Waals surface area (Å²) < 4.78 is 30.8. The highest BCUT2D eigenvalue weighted by atomic mass is 19.1. The van der Waals surface area contributed by atoms with Gasteiger partial charge in [0.1, 0.15) is 17.4 Å². The van der Waals surface area contributed by atoms with Crippen molar-refractivity contribution in [2.75, 3.05) is 0 Å². The molecular weight excluding hydrogens is 214 g/mol. The quantitative estimate of drug-likeness (QED) is 0.747.